The molecule has 0 amide bonds. The maximum absolute atomic E-state index is 9.75. The van der Waals surface area contributed by atoms with E-state index in [0.717, 1.165) is 0 Å². The van der Waals surface area contributed by atoms with E-state index >= 15 is 0 Å². The molecule has 0 radical (unpaired) electrons. The second-order valence-electron chi connectivity index (χ2n) is 2.28. The minimum absolute atomic E-state index is 0. The van der Waals surface area contributed by atoms with Crippen LogP contribution in [0.3, 0.4) is 0 Å². The molecule has 0 aromatic carbocycles. The first-order valence-corrected chi connectivity index (χ1v) is 5.03. The van der Waals surface area contributed by atoms with E-state index in [9.17, 15) is 51.8 Å². The Morgan fingerprint density at radius 3 is 0.727 bits per heavy atom. The van der Waals surface area contributed by atoms with E-state index < -0.39 is 21.8 Å². The van der Waals surface area contributed by atoms with Crippen LogP contribution in [0.5, 0.6) is 0 Å². The second-order valence-corrected chi connectivity index (χ2v) is 3.09. The van der Waals surface area contributed by atoms with Crippen molar-refractivity contribution in [3.05, 3.63) is 22.9 Å². The Morgan fingerprint density at radius 1 is 0.545 bits per heavy atom. The van der Waals surface area contributed by atoms with Crippen molar-refractivity contribution in [1.82, 2.24) is 0 Å². The molecule has 0 bridgehead atoms. The normalized spacial score (nSPS) is 10.0. The van der Waals surface area contributed by atoms with E-state index in [-0.39, 0.29) is 60.2 Å². The van der Waals surface area contributed by atoms with Gasteiger partial charge in [-0.2, -0.15) is 11.3 Å². The first kappa shape index (κ1) is 34.1. The van der Waals surface area contributed by atoms with E-state index in [1.807, 2.05) is 22.9 Å². The number of thiophene rings is 1. The Labute approximate surface area is 166 Å². The molecule has 0 atom stereocenters. The van der Waals surface area contributed by atoms with Crippen LogP contribution < -0.4 is 51.4 Å². The van der Waals surface area contributed by atoms with E-state index in [0.29, 0.717) is 0 Å². The maximum Gasteiger partial charge on any atom is 1.00 e. The second kappa shape index (κ2) is 16.5. The number of hydrogen-bond acceptors (Lipinski definition) is 1. The van der Waals surface area contributed by atoms with Gasteiger partial charge in [0.1, 0.15) is 0 Å². The fraction of sp³-hybridized carbons (Fsp3) is 0.200. The molecule has 0 aliphatic carbocycles. The van der Waals surface area contributed by atoms with Crippen LogP contribution in [0.1, 0.15) is 8.85 Å². The third kappa shape index (κ3) is 248. The molecule has 0 nitrogen and oxygen atoms in total. The van der Waals surface area contributed by atoms with Crippen LogP contribution in [0, 0.1) is 0 Å². The topological polar surface area (TPSA) is 0 Å². The van der Waals surface area contributed by atoms with Gasteiger partial charge in [0.2, 0.25) is 0 Å². The molecule has 0 saturated heterocycles. The molecule has 22 heavy (non-hydrogen) atoms. The van der Waals surface area contributed by atoms with Crippen LogP contribution in [0.25, 0.3) is 0 Å². The predicted octanol–water partition coefficient (Wildman–Crippen LogP) is 3.40. The summed E-state index contributed by atoms with van der Waals surface area (Å²) in [5.74, 6) is 0. The molecule has 0 N–H and O–H groups in total. The molecular formula is C5H9B3F12KS-3. The number of hydrogen-bond donors (Lipinski definition) is 0. The van der Waals surface area contributed by atoms with E-state index in [4.69, 9.17) is 0 Å². The quantitative estimate of drug-likeness (QED) is 0.462. The van der Waals surface area contributed by atoms with Crippen molar-refractivity contribution in [2.75, 3.05) is 0 Å². The van der Waals surface area contributed by atoms with Crippen LogP contribution >= 0.6 is 11.3 Å². The van der Waals surface area contributed by atoms with Crippen molar-refractivity contribution in [3.63, 3.8) is 0 Å². The van der Waals surface area contributed by atoms with Gasteiger partial charge in [-0.3, -0.25) is 0 Å². The third-order valence-corrected chi connectivity index (χ3v) is 1.05. The molecule has 0 saturated carbocycles. The molecule has 1 heterocycles. The Balaban J connectivity index is -0.0000000401. The zero-order valence-electron chi connectivity index (χ0n) is 11.0. The zero-order chi connectivity index (χ0) is 17.0. The number of halogens is 12. The molecule has 0 aliphatic rings. The van der Waals surface area contributed by atoms with Crippen molar-refractivity contribution in [2.24, 2.45) is 0 Å². The van der Waals surface area contributed by atoms with Crippen molar-refractivity contribution in [2.45, 2.75) is 7.43 Å². The average molecular weight is 401 g/mol. The van der Waals surface area contributed by atoms with Gasteiger partial charge >= 0.3 is 73.1 Å². The summed E-state index contributed by atoms with van der Waals surface area (Å²) in [7, 11) is -18.0. The standard InChI is InChI=1S/C4H4S.CH4.3BF4.K.H/c1-2-4-5-3-1;;3*2-1(3,4)5;;/h1-4H;1H4;;;;;/q;;3*-1;+1;-1. The van der Waals surface area contributed by atoms with Crippen molar-refractivity contribution in [1.29, 1.82) is 0 Å². The Morgan fingerprint density at radius 2 is 0.682 bits per heavy atom. The Hall–Kier alpha value is 0.691. The molecule has 0 unspecified atom stereocenters. The summed E-state index contributed by atoms with van der Waals surface area (Å²) in [4.78, 5) is 0. The van der Waals surface area contributed by atoms with Crippen LogP contribution in [-0.2, 0) is 0 Å². The average Bonchev–Trinajstić information content (AvgIpc) is 2.45. The molecule has 1 rings (SSSR count). The summed E-state index contributed by atoms with van der Waals surface area (Å²) in [6.07, 6.45) is 0. The summed E-state index contributed by atoms with van der Waals surface area (Å²) in [5.41, 5.74) is 0. The molecule has 0 spiro atoms. The summed E-state index contributed by atoms with van der Waals surface area (Å²) >= 11 is 1.71. The first-order valence-electron chi connectivity index (χ1n) is 4.09. The molecule has 132 valence electrons. The fourth-order valence-corrected chi connectivity index (χ4v) is 0.680. The summed E-state index contributed by atoms with van der Waals surface area (Å²) < 4.78 is 117. The molecule has 1 aromatic rings. The third-order valence-electron chi connectivity index (χ3n) is 0.425. The van der Waals surface area contributed by atoms with Crippen LogP contribution in [-0.4, -0.2) is 21.8 Å². The summed E-state index contributed by atoms with van der Waals surface area (Å²) in [6.45, 7) is 0. The van der Waals surface area contributed by atoms with E-state index in [1.165, 1.54) is 0 Å². The van der Waals surface area contributed by atoms with Gasteiger partial charge in [0.15, 0.2) is 0 Å². The zero-order valence-corrected chi connectivity index (χ0v) is 13.9. The van der Waals surface area contributed by atoms with Gasteiger partial charge in [0.05, 0.1) is 0 Å². The van der Waals surface area contributed by atoms with Crippen LogP contribution in [0.4, 0.5) is 51.8 Å². The minimum atomic E-state index is -6.00. The van der Waals surface area contributed by atoms with Gasteiger partial charge in [0.25, 0.3) is 0 Å². The molecule has 17 heteroatoms. The molecule has 0 fully saturated rings. The van der Waals surface area contributed by atoms with Gasteiger partial charge in [-0.05, 0) is 10.8 Å². The summed E-state index contributed by atoms with van der Waals surface area (Å²) in [5, 5.41) is 4.08. The SMILES string of the molecule is C.F[B-](F)(F)F.F[B-](F)(F)F.F[B-](F)(F)F.[H-].[K+].c1ccsc1. The van der Waals surface area contributed by atoms with Gasteiger partial charge in [0, 0.05) is 0 Å². The Kier molecular flexibility index (Phi) is 25.7. The van der Waals surface area contributed by atoms with Crippen molar-refractivity contribution >= 4 is 33.1 Å². The smallest absolute Gasteiger partial charge is 1.00 e. The van der Waals surface area contributed by atoms with Gasteiger partial charge < -0.3 is 53.2 Å². The van der Waals surface area contributed by atoms with Crippen molar-refractivity contribution in [3.8, 4) is 0 Å². The van der Waals surface area contributed by atoms with Gasteiger partial charge in [-0.1, -0.05) is 19.6 Å². The Bertz CT molecular complexity index is 237. The van der Waals surface area contributed by atoms with E-state index in [1.54, 1.807) is 11.3 Å². The fourth-order valence-electron chi connectivity index (χ4n) is 0.227. The monoisotopic (exact) mass is 401 g/mol. The molecule has 0 aliphatic heterocycles. The maximum atomic E-state index is 9.75. The molecule has 1 aromatic heterocycles. The number of rotatable bonds is 0. The van der Waals surface area contributed by atoms with Crippen LogP contribution in [0.15, 0.2) is 22.9 Å². The van der Waals surface area contributed by atoms with Gasteiger partial charge in [-0.15, -0.1) is 0 Å². The van der Waals surface area contributed by atoms with Crippen LogP contribution in [0.2, 0.25) is 0 Å². The van der Waals surface area contributed by atoms with Gasteiger partial charge in [-0.25, -0.2) is 0 Å². The largest absolute Gasteiger partial charge is 1.00 e. The molecular weight excluding hydrogens is 392 g/mol. The summed E-state index contributed by atoms with van der Waals surface area (Å²) in [6, 6.07) is 4.04. The van der Waals surface area contributed by atoms with E-state index in [2.05, 4.69) is 0 Å². The first-order chi connectivity index (χ1) is 8.50. The van der Waals surface area contributed by atoms with Crippen molar-refractivity contribution < 1.29 is 105 Å². The predicted molar refractivity (Wildman–Crippen MR) is 62.7 cm³/mol. The minimum Gasteiger partial charge on any atom is -1.00 e.